The van der Waals surface area contributed by atoms with Crippen molar-refractivity contribution in [2.24, 2.45) is 5.73 Å². The fourth-order valence-corrected chi connectivity index (χ4v) is 3.16. The van der Waals surface area contributed by atoms with E-state index in [1.165, 1.54) is 11.8 Å². The molecule has 0 aliphatic rings. The molecule has 8 heteroatoms. The predicted molar refractivity (Wildman–Crippen MR) is 88.1 cm³/mol. The van der Waals surface area contributed by atoms with Crippen LogP contribution in [0.3, 0.4) is 0 Å². The Bertz CT molecular complexity index is 716. The maximum absolute atomic E-state index is 11.8. The number of rotatable bonds is 5. The molecule has 0 aliphatic carbocycles. The van der Waals surface area contributed by atoms with Crippen LogP contribution in [0, 0.1) is 0 Å². The number of benzene rings is 1. The van der Waals surface area contributed by atoms with E-state index in [0.717, 1.165) is 24.0 Å². The molecule has 6 nitrogen and oxygen atoms in total. The van der Waals surface area contributed by atoms with Crippen molar-refractivity contribution in [3.8, 4) is 0 Å². The summed E-state index contributed by atoms with van der Waals surface area (Å²) in [7, 11) is 0. The van der Waals surface area contributed by atoms with Crippen LogP contribution in [0.2, 0.25) is 5.02 Å². The third kappa shape index (κ3) is 3.72. The number of nitrogens with zero attached hydrogens (tertiary/aromatic N) is 2. The number of hydrogen-bond donors (Lipinski definition) is 2. The van der Waals surface area contributed by atoms with E-state index in [0.29, 0.717) is 10.2 Å². The van der Waals surface area contributed by atoms with Gasteiger partial charge in [-0.25, -0.2) is 9.78 Å². The summed E-state index contributed by atoms with van der Waals surface area (Å²) in [5, 5.41) is 2.92. The van der Waals surface area contributed by atoms with Crippen LogP contribution in [-0.2, 0) is 11.3 Å². The number of hydrogen-bond acceptors (Lipinski definition) is 4. The molecule has 1 heterocycles. The van der Waals surface area contributed by atoms with Gasteiger partial charge in [0.2, 0.25) is 5.91 Å². The molecule has 1 atom stereocenters. The van der Waals surface area contributed by atoms with Crippen molar-refractivity contribution in [2.45, 2.75) is 37.2 Å². The van der Waals surface area contributed by atoms with Crippen LogP contribution in [0.1, 0.15) is 20.3 Å². The van der Waals surface area contributed by atoms with E-state index >= 15 is 0 Å². The number of imide groups is 1. The Hall–Kier alpha value is -1.73. The summed E-state index contributed by atoms with van der Waals surface area (Å²) in [4.78, 5) is 27.1. The number of nitrogens with one attached hydrogen (secondary N) is 1. The summed E-state index contributed by atoms with van der Waals surface area (Å²) >= 11 is 7.28. The molecule has 0 spiro atoms. The number of thioether (sulfide) groups is 1. The first-order valence-electron chi connectivity index (χ1n) is 6.85. The van der Waals surface area contributed by atoms with Gasteiger partial charge in [-0.1, -0.05) is 30.3 Å². The van der Waals surface area contributed by atoms with Gasteiger partial charge in [0.05, 0.1) is 16.3 Å². The molecule has 3 amide bonds. The van der Waals surface area contributed by atoms with E-state index in [4.69, 9.17) is 17.3 Å². The zero-order valence-electron chi connectivity index (χ0n) is 12.3. The quantitative estimate of drug-likeness (QED) is 0.819. The Balaban J connectivity index is 2.31. The van der Waals surface area contributed by atoms with Gasteiger partial charge in [-0.05, 0) is 31.5 Å². The largest absolute Gasteiger partial charge is 0.351 e. The third-order valence-electron chi connectivity index (χ3n) is 3.02. The van der Waals surface area contributed by atoms with Crippen LogP contribution in [0.15, 0.2) is 23.4 Å². The first-order chi connectivity index (χ1) is 10.4. The summed E-state index contributed by atoms with van der Waals surface area (Å²) in [6.07, 6.45) is 0.934. The molecule has 0 unspecified atom stereocenters. The van der Waals surface area contributed by atoms with E-state index < -0.39 is 17.2 Å². The number of carbonyl (C=O) groups excluding carboxylic acids is 2. The molecule has 0 aliphatic heterocycles. The lowest BCUT2D eigenvalue weighted by Crippen LogP contribution is -2.39. The van der Waals surface area contributed by atoms with Gasteiger partial charge in [0.25, 0.3) is 0 Å². The van der Waals surface area contributed by atoms with Crippen LogP contribution in [0.4, 0.5) is 4.79 Å². The smallest absolute Gasteiger partial charge is 0.318 e. The van der Waals surface area contributed by atoms with Crippen LogP contribution < -0.4 is 11.1 Å². The SMILES string of the molecule is CCCn1c(S[C@H](C)C(=O)NC(N)=O)nc2cc(Cl)ccc21. The number of aromatic nitrogens is 2. The Morgan fingerprint density at radius 2 is 2.23 bits per heavy atom. The summed E-state index contributed by atoms with van der Waals surface area (Å²) < 4.78 is 2.05. The first-order valence-corrected chi connectivity index (χ1v) is 8.11. The number of carbonyl (C=O) groups is 2. The maximum atomic E-state index is 11.8. The van der Waals surface area contributed by atoms with Crippen LogP contribution in [0.5, 0.6) is 0 Å². The van der Waals surface area contributed by atoms with Crippen LogP contribution in [0.25, 0.3) is 11.0 Å². The molecule has 22 heavy (non-hydrogen) atoms. The minimum Gasteiger partial charge on any atom is -0.351 e. The highest BCUT2D eigenvalue weighted by Gasteiger charge is 2.20. The number of primary amides is 1. The van der Waals surface area contributed by atoms with E-state index in [1.807, 2.05) is 16.7 Å². The van der Waals surface area contributed by atoms with Gasteiger partial charge in [0, 0.05) is 11.6 Å². The number of halogens is 1. The van der Waals surface area contributed by atoms with Crippen LogP contribution >= 0.6 is 23.4 Å². The molecule has 118 valence electrons. The lowest BCUT2D eigenvalue weighted by atomic mass is 10.3. The number of imidazole rings is 1. The molecule has 1 aromatic heterocycles. The van der Waals surface area contributed by atoms with Gasteiger partial charge in [0.1, 0.15) is 0 Å². The van der Waals surface area contributed by atoms with Gasteiger partial charge >= 0.3 is 6.03 Å². The van der Waals surface area contributed by atoms with E-state index in [2.05, 4.69) is 17.2 Å². The molecule has 0 radical (unpaired) electrons. The van der Waals surface area contributed by atoms with Gasteiger partial charge in [0.15, 0.2) is 5.16 Å². The second-order valence-electron chi connectivity index (χ2n) is 4.79. The zero-order valence-corrected chi connectivity index (χ0v) is 13.9. The highest BCUT2D eigenvalue weighted by Crippen LogP contribution is 2.29. The number of amides is 3. The van der Waals surface area contributed by atoms with E-state index in [1.54, 1.807) is 13.0 Å². The molecule has 2 rings (SSSR count). The van der Waals surface area contributed by atoms with Crippen molar-refractivity contribution in [2.75, 3.05) is 0 Å². The van der Waals surface area contributed by atoms with Crippen molar-refractivity contribution in [3.63, 3.8) is 0 Å². The number of fused-ring (bicyclic) bond motifs is 1. The third-order valence-corrected chi connectivity index (χ3v) is 4.35. The standard InChI is InChI=1S/C14H17ClN4O2S/c1-3-6-19-11-5-4-9(15)7-10(11)17-14(19)22-8(2)12(20)18-13(16)21/h4-5,7-8H,3,6H2,1-2H3,(H3,16,18,20,21)/t8-/m1/s1. The van der Waals surface area contributed by atoms with Crippen molar-refractivity contribution in [1.29, 1.82) is 0 Å². The summed E-state index contributed by atoms with van der Waals surface area (Å²) in [6, 6.07) is 4.67. The number of urea groups is 1. The van der Waals surface area contributed by atoms with Crippen molar-refractivity contribution in [3.05, 3.63) is 23.2 Å². The lowest BCUT2D eigenvalue weighted by Gasteiger charge is -2.11. The minimum absolute atomic E-state index is 0.439. The fourth-order valence-electron chi connectivity index (χ4n) is 2.05. The van der Waals surface area contributed by atoms with Crippen molar-refractivity contribution < 1.29 is 9.59 Å². The molecule has 0 saturated heterocycles. The van der Waals surface area contributed by atoms with E-state index in [9.17, 15) is 9.59 Å². The molecule has 0 fully saturated rings. The number of nitrogens with two attached hydrogens (primary N) is 1. The highest BCUT2D eigenvalue weighted by atomic mass is 35.5. The summed E-state index contributed by atoms with van der Waals surface area (Å²) in [5.74, 6) is -0.439. The lowest BCUT2D eigenvalue weighted by molar-refractivity contribution is -0.119. The Labute approximate surface area is 137 Å². The highest BCUT2D eigenvalue weighted by molar-refractivity contribution is 8.00. The van der Waals surface area contributed by atoms with Gasteiger partial charge in [-0.2, -0.15) is 0 Å². The molecule has 2 aromatic rings. The second-order valence-corrected chi connectivity index (χ2v) is 6.54. The van der Waals surface area contributed by atoms with Crippen LogP contribution in [-0.4, -0.2) is 26.7 Å². The normalized spacial score (nSPS) is 12.3. The topological polar surface area (TPSA) is 90.0 Å². The minimum atomic E-state index is -0.855. The Morgan fingerprint density at radius 1 is 1.50 bits per heavy atom. The van der Waals surface area contributed by atoms with Crippen molar-refractivity contribution in [1.82, 2.24) is 14.9 Å². The average molecular weight is 341 g/mol. The predicted octanol–water partition coefficient (Wildman–Crippen LogP) is 2.78. The molecular weight excluding hydrogens is 324 g/mol. The molecule has 3 N–H and O–H groups in total. The molecular formula is C14H17ClN4O2S. The Morgan fingerprint density at radius 3 is 2.86 bits per heavy atom. The van der Waals surface area contributed by atoms with E-state index in [-0.39, 0.29) is 0 Å². The van der Waals surface area contributed by atoms with Crippen molar-refractivity contribution >= 4 is 46.3 Å². The maximum Gasteiger partial charge on any atom is 0.318 e. The fraction of sp³-hybridized carbons (Fsp3) is 0.357. The molecule has 0 saturated carbocycles. The van der Waals surface area contributed by atoms with Gasteiger partial charge in [-0.15, -0.1) is 0 Å². The zero-order chi connectivity index (χ0) is 16.3. The molecule has 1 aromatic carbocycles. The molecule has 0 bridgehead atoms. The Kier molecular flexibility index (Phi) is 5.31. The summed E-state index contributed by atoms with van der Waals surface area (Å²) in [5.41, 5.74) is 6.72. The second kappa shape index (κ2) is 7.02. The first kappa shape index (κ1) is 16.6. The monoisotopic (exact) mass is 340 g/mol. The summed E-state index contributed by atoms with van der Waals surface area (Å²) in [6.45, 7) is 4.55. The van der Waals surface area contributed by atoms with Gasteiger partial charge in [-0.3, -0.25) is 10.1 Å². The number of aryl methyl sites for hydroxylation is 1. The average Bonchev–Trinajstić information content (AvgIpc) is 2.75. The van der Waals surface area contributed by atoms with Gasteiger partial charge < -0.3 is 10.3 Å².